The van der Waals surface area contributed by atoms with Crippen LogP contribution in [-0.2, 0) is 0 Å². The number of nitrogens with zero attached hydrogens (tertiary/aromatic N) is 4. The van der Waals surface area contributed by atoms with Gasteiger partial charge < -0.3 is 0 Å². The largest absolute Gasteiger partial charge is 0.248 e. The summed E-state index contributed by atoms with van der Waals surface area (Å²) >= 11 is 0. The SMILES string of the molecule is C/C=C\C(=C/CC)c1cc(C)cc(-c2cccc(-c3nc(-c4ccccc4)nc(-c4ccccc4)n3)c2)n1.CC. The Morgan fingerprint density at radius 2 is 1.15 bits per heavy atom. The lowest BCUT2D eigenvalue weighted by Crippen LogP contribution is -2.00. The molecule has 0 radical (unpaired) electrons. The molecule has 2 heterocycles. The van der Waals surface area contributed by atoms with Gasteiger partial charge in [0.25, 0.3) is 0 Å². The van der Waals surface area contributed by atoms with Gasteiger partial charge in [-0.1, -0.05) is 118 Å². The van der Waals surface area contributed by atoms with E-state index in [0.717, 1.165) is 45.6 Å². The topological polar surface area (TPSA) is 51.6 Å². The van der Waals surface area contributed by atoms with Gasteiger partial charge in [0.2, 0.25) is 0 Å². The molecular weight excluding hydrogens is 488 g/mol. The molecule has 2 aromatic heterocycles. The Bertz CT molecular complexity index is 1550. The third-order valence-electron chi connectivity index (χ3n) is 6.15. The van der Waals surface area contributed by atoms with E-state index < -0.39 is 0 Å². The molecule has 4 nitrogen and oxygen atoms in total. The summed E-state index contributed by atoms with van der Waals surface area (Å²) in [5.74, 6) is 1.93. The average Bonchev–Trinajstić information content (AvgIpc) is 3.02. The van der Waals surface area contributed by atoms with Crippen molar-refractivity contribution in [1.82, 2.24) is 19.9 Å². The fourth-order valence-corrected chi connectivity index (χ4v) is 4.38. The van der Waals surface area contributed by atoms with Crippen LogP contribution in [0.4, 0.5) is 0 Å². The Hall–Kier alpha value is -4.70. The van der Waals surface area contributed by atoms with Crippen molar-refractivity contribution in [1.29, 1.82) is 0 Å². The van der Waals surface area contributed by atoms with E-state index in [0.29, 0.717) is 17.5 Å². The van der Waals surface area contributed by atoms with E-state index in [-0.39, 0.29) is 0 Å². The Balaban J connectivity index is 0.00000181. The fourth-order valence-electron chi connectivity index (χ4n) is 4.38. The van der Waals surface area contributed by atoms with Crippen LogP contribution in [0.15, 0.2) is 115 Å². The average molecular weight is 525 g/mol. The van der Waals surface area contributed by atoms with Crippen LogP contribution in [0.1, 0.15) is 45.4 Å². The van der Waals surface area contributed by atoms with E-state index in [9.17, 15) is 0 Å². The molecule has 0 saturated carbocycles. The first-order valence-corrected chi connectivity index (χ1v) is 13.9. The quantitative estimate of drug-likeness (QED) is 0.199. The van der Waals surface area contributed by atoms with Crippen molar-refractivity contribution in [2.24, 2.45) is 0 Å². The summed E-state index contributed by atoms with van der Waals surface area (Å²) in [5, 5.41) is 0. The molecule has 0 unspecified atom stereocenters. The van der Waals surface area contributed by atoms with Crippen molar-refractivity contribution < 1.29 is 0 Å². The zero-order valence-electron chi connectivity index (χ0n) is 24.0. The molecule has 40 heavy (non-hydrogen) atoms. The molecule has 0 amide bonds. The second kappa shape index (κ2) is 13.9. The molecule has 0 spiro atoms. The summed E-state index contributed by atoms with van der Waals surface area (Å²) in [7, 11) is 0. The number of aryl methyl sites for hydroxylation is 1. The molecule has 0 fully saturated rings. The highest BCUT2D eigenvalue weighted by molar-refractivity contribution is 5.76. The van der Waals surface area contributed by atoms with E-state index >= 15 is 0 Å². The molecule has 4 heteroatoms. The normalized spacial score (nSPS) is 11.3. The summed E-state index contributed by atoms with van der Waals surface area (Å²) < 4.78 is 0. The van der Waals surface area contributed by atoms with Crippen LogP contribution in [0, 0.1) is 6.92 Å². The maximum absolute atomic E-state index is 5.03. The molecule has 5 rings (SSSR count). The lowest BCUT2D eigenvalue weighted by molar-refractivity contribution is 1.07. The maximum atomic E-state index is 5.03. The molecule has 0 N–H and O–H groups in total. The summed E-state index contributed by atoms with van der Waals surface area (Å²) in [4.78, 5) is 19.6. The summed E-state index contributed by atoms with van der Waals surface area (Å²) in [6.07, 6.45) is 7.34. The predicted octanol–water partition coefficient (Wildman–Crippen LogP) is 9.64. The number of hydrogen-bond acceptors (Lipinski definition) is 4. The van der Waals surface area contributed by atoms with E-state index in [1.54, 1.807) is 0 Å². The van der Waals surface area contributed by atoms with Gasteiger partial charge in [0.15, 0.2) is 17.5 Å². The molecule has 0 aliphatic rings. The predicted molar refractivity (Wildman–Crippen MR) is 169 cm³/mol. The van der Waals surface area contributed by atoms with Gasteiger partial charge in [-0.2, -0.15) is 0 Å². The standard InChI is InChI=1S/C34H30N4.C2H6/c1-4-13-25(14-5-2)30-21-24(3)22-31(35-30)28-19-12-20-29(23-28)34-37-32(26-15-8-6-9-16-26)36-33(38-34)27-17-10-7-11-18-27;1-2/h4,6-23H,5H2,1-3H3;1-2H3/b13-4-,25-14+;. The van der Waals surface area contributed by atoms with Gasteiger partial charge in [-0.3, -0.25) is 0 Å². The van der Waals surface area contributed by atoms with Crippen molar-refractivity contribution in [2.45, 2.75) is 41.0 Å². The zero-order chi connectivity index (χ0) is 28.3. The third kappa shape index (κ3) is 6.83. The smallest absolute Gasteiger partial charge is 0.164 e. The minimum absolute atomic E-state index is 0.632. The molecular formula is C36H36N4. The van der Waals surface area contributed by atoms with Crippen LogP contribution in [0.5, 0.6) is 0 Å². The van der Waals surface area contributed by atoms with Gasteiger partial charge in [-0.15, -0.1) is 0 Å². The second-order valence-corrected chi connectivity index (χ2v) is 9.10. The van der Waals surface area contributed by atoms with E-state index in [1.807, 2.05) is 93.6 Å². The Morgan fingerprint density at radius 1 is 0.625 bits per heavy atom. The summed E-state index contributed by atoms with van der Waals surface area (Å²) in [5.41, 5.74) is 8.04. The van der Waals surface area contributed by atoms with Gasteiger partial charge in [-0.05, 0) is 49.6 Å². The van der Waals surface area contributed by atoms with Crippen LogP contribution in [0.2, 0.25) is 0 Å². The molecule has 0 aliphatic heterocycles. The minimum atomic E-state index is 0.632. The highest BCUT2D eigenvalue weighted by Crippen LogP contribution is 2.29. The van der Waals surface area contributed by atoms with Gasteiger partial charge in [0.05, 0.1) is 11.4 Å². The number of allylic oxidation sites excluding steroid dienone is 4. The van der Waals surface area contributed by atoms with Crippen molar-refractivity contribution in [3.8, 4) is 45.4 Å². The van der Waals surface area contributed by atoms with Crippen LogP contribution in [0.3, 0.4) is 0 Å². The van der Waals surface area contributed by atoms with Crippen LogP contribution in [0.25, 0.3) is 51.0 Å². The number of aromatic nitrogens is 4. The van der Waals surface area contributed by atoms with Crippen LogP contribution >= 0.6 is 0 Å². The highest BCUT2D eigenvalue weighted by Gasteiger charge is 2.13. The fraction of sp³-hybridized carbons (Fsp3) is 0.167. The maximum Gasteiger partial charge on any atom is 0.164 e. The first-order chi connectivity index (χ1) is 19.6. The third-order valence-corrected chi connectivity index (χ3v) is 6.15. The number of hydrogen-bond donors (Lipinski definition) is 0. The number of rotatable bonds is 7. The Kier molecular flexibility index (Phi) is 9.84. The van der Waals surface area contributed by atoms with E-state index in [1.165, 1.54) is 5.56 Å². The number of pyridine rings is 1. The molecule has 200 valence electrons. The van der Waals surface area contributed by atoms with E-state index in [2.05, 4.69) is 56.3 Å². The monoisotopic (exact) mass is 524 g/mol. The molecule has 5 aromatic rings. The first-order valence-electron chi connectivity index (χ1n) is 13.9. The lowest BCUT2D eigenvalue weighted by Gasteiger charge is -2.11. The summed E-state index contributed by atoms with van der Waals surface area (Å²) in [6, 6.07) is 32.6. The van der Waals surface area contributed by atoms with Crippen molar-refractivity contribution >= 4 is 5.57 Å². The zero-order valence-corrected chi connectivity index (χ0v) is 24.0. The molecule has 0 saturated heterocycles. The van der Waals surface area contributed by atoms with Crippen molar-refractivity contribution in [3.63, 3.8) is 0 Å². The van der Waals surface area contributed by atoms with Gasteiger partial charge in [-0.25, -0.2) is 19.9 Å². The molecule has 0 atom stereocenters. The van der Waals surface area contributed by atoms with Gasteiger partial charge >= 0.3 is 0 Å². The van der Waals surface area contributed by atoms with Crippen molar-refractivity contribution in [3.05, 3.63) is 127 Å². The molecule has 0 bridgehead atoms. The van der Waals surface area contributed by atoms with Crippen molar-refractivity contribution in [2.75, 3.05) is 0 Å². The number of benzene rings is 3. The second-order valence-electron chi connectivity index (χ2n) is 9.10. The summed E-state index contributed by atoms with van der Waals surface area (Å²) in [6.45, 7) is 10.3. The lowest BCUT2D eigenvalue weighted by atomic mass is 10.0. The molecule has 3 aromatic carbocycles. The highest BCUT2D eigenvalue weighted by atomic mass is 15.0. The van der Waals surface area contributed by atoms with Gasteiger partial charge in [0, 0.05) is 22.3 Å². The molecule has 0 aliphatic carbocycles. The first kappa shape index (κ1) is 28.3. The Labute approximate surface area is 238 Å². The van der Waals surface area contributed by atoms with Crippen LogP contribution < -0.4 is 0 Å². The Morgan fingerprint density at radius 3 is 1.70 bits per heavy atom. The van der Waals surface area contributed by atoms with E-state index in [4.69, 9.17) is 19.9 Å². The van der Waals surface area contributed by atoms with Crippen LogP contribution in [-0.4, -0.2) is 19.9 Å². The van der Waals surface area contributed by atoms with Gasteiger partial charge in [0.1, 0.15) is 0 Å². The minimum Gasteiger partial charge on any atom is -0.248 e.